The fourth-order valence-electron chi connectivity index (χ4n) is 0.416. The number of amides is 1. The standard InChI is InChI=1S/C5H12N2OS.BrH/c6-5(8)1-2-7-3-4-9;/h7,9H,1-4H2,(H2,6,8);1H. The van der Waals surface area contributed by atoms with Gasteiger partial charge in [-0.15, -0.1) is 17.0 Å². The van der Waals surface area contributed by atoms with Gasteiger partial charge in [0.2, 0.25) is 5.91 Å². The lowest BCUT2D eigenvalue weighted by Crippen LogP contribution is -2.23. The number of nitrogens with two attached hydrogens (primary N) is 1. The van der Waals surface area contributed by atoms with E-state index in [1.165, 1.54) is 0 Å². The van der Waals surface area contributed by atoms with Gasteiger partial charge in [0.1, 0.15) is 0 Å². The van der Waals surface area contributed by atoms with E-state index in [9.17, 15) is 4.79 Å². The van der Waals surface area contributed by atoms with E-state index in [0.29, 0.717) is 13.0 Å². The molecule has 0 atom stereocenters. The van der Waals surface area contributed by atoms with Crippen molar-refractivity contribution in [2.45, 2.75) is 6.42 Å². The number of hydrogen-bond acceptors (Lipinski definition) is 3. The molecule has 0 aliphatic carbocycles. The van der Waals surface area contributed by atoms with Gasteiger partial charge >= 0.3 is 0 Å². The van der Waals surface area contributed by atoms with Crippen molar-refractivity contribution in [3.05, 3.63) is 0 Å². The molecule has 0 fully saturated rings. The van der Waals surface area contributed by atoms with Crippen LogP contribution in [-0.2, 0) is 4.79 Å². The largest absolute Gasteiger partial charge is 0.370 e. The first-order valence-electron chi connectivity index (χ1n) is 2.87. The molecule has 0 saturated heterocycles. The predicted octanol–water partition coefficient (Wildman–Crippen LogP) is -0.0409. The van der Waals surface area contributed by atoms with Crippen LogP contribution in [0.3, 0.4) is 0 Å². The molecule has 10 heavy (non-hydrogen) atoms. The Morgan fingerprint density at radius 3 is 2.50 bits per heavy atom. The summed E-state index contributed by atoms with van der Waals surface area (Å²) in [5.41, 5.74) is 4.88. The van der Waals surface area contributed by atoms with Gasteiger partial charge in [0, 0.05) is 25.3 Å². The fourth-order valence-corrected chi connectivity index (χ4v) is 0.574. The molecule has 0 bridgehead atoms. The van der Waals surface area contributed by atoms with Gasteiger partial charge in [-0.1, -0.05) is 0 Å². The summed E-state index contributed by atoms with van der Waals surface area (Å²) in [7, 11) is 0. The third-order valence-electron chi connectivity index (χ3n) is 0.837. The van der Waals surface area contributed by atoms with E-state index in [1.54, 1.807) is 0 Å². The van der Waals surface area contributed by atoms with Gasteiger partial charge in [0.15, 0.2) is 0 Å². The van der Waals surface area contributed by atoms with E-state index in [-0.39, 0.29) is 22.9 Å². The number of rotatable bonds is 5. The fraction of sp³-hybridized carbons (Fsp3) is 0.800. The average Bonchev–Trinajstić information content (AvgIpc) is 1.80. The van der Waals surface area contributed by atoms with E-state index in [1.807, 2.05) is 0 Å². The summed E-state index contributed by atoms with van der Waals surface area (Å²) in [6.07, 6.45) is 0.410. The Labute approximate surface area is 76.9 Å². The van der Waals surface area contributed by atoms with Gasteiger partial charge in [-0.3, -0.25) is 4.79 Å². The Hall–Kier alpha value is 0.260. The molecule has 3 nitrogen and oxygen atoms in total. The number of carbonyl (C=O) groups excluding carboxylic acids is 1. The molecule has 0 unspecified atom stereocenters. The van der Waals surface area contributed by atoms with E-state index < -0.39 is 0 Å². The molecule has 0 aromatic rings. The van der Waals surface area contributed by atoms with Crippen molar-refractivity contribution in [2.24, 2.45) is 5.73 Å². The van der Waals surface area contributed by atoms with Crippen molar-refractivity contribution in [1.29, 1.82) is 0 Å². The Morgan fingerprint density at radius 2 is 2.10 bits per heavy atom. The van der Waals surface area contributed by atoms with Crippen LogP contribution in [0, 0.1) is 0 Å². The zero-order valence-corrected chi connectivity index (χ0v) is 8.28. The highest BCUT2D eigenvalue weighted by Crippen LogP contribution is 1.73. The summed E-state index contributed by atoms with van der Waals surface area (Å²) in [5.74, 6) is 0.528. The van der Waals surface area contributed by atoms with Gasteiger partial charge in [-0.2, -0.15) is 12.6 Å². The minimum Gasteiger partial charge on any atom is -0.370 e. The van der Waals surface area contributed by atoms with Crippen LogP contribution in [0.1, 0.15) is 6.42 Å². The molecule has 0 rings (SSSR count). The second-order valence-electron chi connectivity index (χ2n) is 1.69. The number of hydrogen-bond donors (Lipinski definition) is 3. The highest BCUT2D eigenvalue weighted by atomic mass is 79.9. The van der Waals surface area contributed by atoms with Crippen LogP contribution in [0.25, 0.3) is 0 Å². The van der Waals surface area contributed by atoms with E-state index in [0.717, 1.165) is 12.3 Å². The van der Waals surface area contributed by atoms with Crippen LogP contribution in [-0.4, -0.2) is 24.7 Å². The molecule has 0 heterocycles. The molecule has 0 spiro atoms. The van der Waals surface area contributed by atoms with E-state index in [4.69, 9.17) is 5.73 Å². The summed E-state index contributed by atoms with van der Waals surface area (Å²) in [6, 6.07) is 0. The quantitative estimate of drug-likeness (QED) is 0.457. The monoisotopic (exact) mass is 228 g/mol. The second-order valence-corrected chi connectivity index (χ2v) is 2.14. The number of halogens is 1. The zero-order chi connectivity index (χ0) is 7.11. The minimum atomic E-state index is -0.262. The molecule has 0 aliphatic heterocycles. The lowest BCUT2D eigenvalue weighted by atomic mass is 10.4. The van der Waals surface area contributed by atoms with Crippen molar-refractivity contribution in [3.63, 3.8) is 0 Å². The summed E-state index contributed by atoms with van der Waals surface area (Å²) in [5, 5.41) is 2.99. The van der Waals surface area contributed by atoms with Crippen molar-refractivity contribution in [2.75, 3.05) is 18.8 Å². The van der Waals surface area contributed by atoms with Gasteiger partial charge < -0.3 is 11.1 Å². The maximum atomic E-state index is 10.1. The average molecular weight is 229 g/mol. The SMILES string of the molecule is Br.NC(=O)CCNCCS. The Bertz CT molecular complexity index is 91.7. The number of thiol groups is 1. The van der Waals surface area contributed by atoms with Crippen molar-refractivity contribution >= 4 is 35.5 Å². The maximum Gasteiger partial charge on any atom is 0.218 e. The number of nitrogens with one attached hydrogen (secondary N) is 1. The second kappa shape index (κ2) is 9.26. The third kappa shape index (κ3) is 11.1. The lowest BCUT2D eigenvalue weighted by Gasteiger charge is -1.97. The smallest absolute Gasteiger partial charge is 0.218 e. The van der Waals surface area contributed by atoms with Crippen LogP contribution < -0.4 is 11.1 Å². The normalized spacial score (nSPS) is 8.50. The molecular formula is C5H13BrN2OS. The first-order chi connectivity index (χ1) is 4.27. The Balaban J connectivity index is 0. The van der Waals surface area contributed by atoms with Gasteiger partial charge in [-0.25, -0.2) is 0 Å². The summed E-state index contributed by atoms with van der Waals surface area (Å²) < 4.78 is 0. The summed E-state index contributed by atoms with van der Waals surface area (Å²) >= 11 is 3.97. The van der Waals surface area contributed by atoms with Crippen molar-refractivity contribution in [1.82, 2.24) is 5.32 Å². The molecule has 0 saturated carbocycles. The van der Waals surface area contributed by atoms with E-state index >= 15 is 0 Å². The van der Waals surface area contributed by atoms with E-state index in [2.05, 4.69) is 17.9 Å². The lowest BCUT2D eigenvalue weighted by molar-refractivity contribution is -0.117. The Kier molecular flexibility index (Phi) is 11.9. The van der Waals surface area contributed by atoms with Crippen LogP contribution in [0.2, 0.25) is 0 Å². The van der Waals surface area contributed by atoms with Crippen molar-refractivity contribution < 1.29 is 4.79 Å². The summed E-state index contributed by atoms with van der Waals surface area (Å²) in [4.78, 5) is 10.1. The van der Waals surface area contributed by atoms with Crippen LogP contribution in [0.15, 0.2) is 0 Å². The van der Waals surface area contributed by atoms with Gasteiger partial charge in [0.05, 0.1) is 0 Å². The molecule has 1 amide bonds. The highest BCUT2D eigenvalue weighted by Gasteiger charge is 1.90. The topological polar surface area (TPSA) is 55.1 Å². The molecule has 62 valence electrons. The molecule has 5 heteroatoms. The van der Waals surface area contributed by atoms with Gasteiger partial charge in [0.25, 0.3) is 0 Å². The molecule has 0 aromatic heterocycles. The van der Waals surface area contributed by atoms with Crippen molar-refractivity contribution in [3.8, 4) is 0 Å². The Morgan fingerprint density at radius 1 is 1.50 bits per heavy atom. The molecule has 0 radical (unpaired) electrons. The van der Waals surface area contributed by atoms with Crippen LogP contribution in [0.4, 0.5) is 0 Å². The highest BCUT2D eigenvalue weighted by molar-refractivity contribution is 8.93. The number of primary amides is 1. The third-order valence-corrected chi connectivity index (χ3v) is 1.06. The van der Waals surface area contributed by atoms with Crippen LogP contribution >= 0.6 is 29.6 Å². The van der Waals surface area contributed by atoms with Gasteiger partial charge in [-0.05, 0) is 0 Å². The molecule has 0 aliphatic rings. The van der Waals surface area contributed by atoms with Crippen LogP contribution in [0.5, 0.6) is 0 Å². The predicted molar refractivity (Wildman–Crippen MR) is 50.9 cm³/mol. The first-order valence-corrected chi connectivity index (χ1v) is 3.50. The number of carbonyl (C=O) groups is 1. The zero-order valence-electron chi connectivity index (χ0n) is 5.67. The minimum absolute atomic E-state index is 0. The molecular weight excluding hydrogens is 216 g/mol. The maximum absolute atomic E-state index is 10.1. The summed E-state index contributed by atoms with van der Waals surface area (Å²) in [6.45, 7) is 1.49. The molecule has 3 N–H and O–H groups in total. The first kappa shape index (κ1) is 12.9. The molecule has 0 aromatic carbocycles.